The van der Waals surface area contributed by atoms with Crippen LogP contribution in [0, 0.1) is 0 Å². The number of alkyl halides is 3. The molecule has 178 valence electrons. The van der Waals surface area contributed by atoms with Gasteiger partial charge < -0.3 is 24.6 Å². The van der Waals surface area contributed by atoms with Crippen molar-refractivity contribution >= 4 is 17.3 Å². The van der Waals surface area contributed by atoms with Gasteiger partial charge >= 0.3 is 6.18 Å². The molecule has 0 heterocycles. The van der Waals surface area contributed by atoms with Crippen LogP contribution in [0.25, 0.3) is 0 Å². The highest BCUT2D eigenvalue weighted by Crippen LogP contribution is 2.42. The second-order valence-electron chi connectivity index (χ2n) is 7.40. The van der Waals surface area contributed by atoms with Crippen LogP contribution in [0.3, 0.4) is 0 Å². The van der Waals surface area contributed by atoms with Crippen molar-refractivity contribution in [1.82, 2.24) is 0 Å². The maximum absolute atomic E-state index is 13.4. The first-order valence-corrected chi connectivity index (χ1v) is 10.5. The number of hydrogen-bond acceptors (Lipinski definition) is 5. The first-order valence-electron chi connectivity index (χ1n) is 10.1. The zero-order valence-corrected chi connectivity index (χ0v) is 19.1. The number of benzene rings is 2. The first-order chi connectivity index (χ1) is 15.7. The summed E-state index contributed by atoms with van der Waals surface area (Å²) in [6, 6.07) is 8.34. The maximum Gasteiger partial charge on any atom is 0.419 e. The van der Waals surface area contributed by atoms with E-state index in [4.69, 9.17) is 25.8 Å². The van der Waals surface area contributed by atoms with Crippen molar-refractivity contribution in [3.05, 3.63) is 81.6 Å². The van der Waals surface area contributed by atoms with E-state index in [0.717, 1.165) is 24.5 Å². The van der Waals surface area contributed by atoms with Crippen molar-refractivity contribution in [2.75, 3.05) is 33.2 Å². The molecule has 33 heavy (non-hydrogen) atoms. The normalized spacial score (nSPS) is 17.2. The summed E-state index contributed by atoms with van der Waals surface area (Å²) in [6.07, 6.45) is -1.73. The second kappa shape index (κ2) is 10.5. The van der Waals surface area contributed by atoms with Gasteiger partial charge in [-0.15, -0.1) is 0 Å². The topological polar surface area (TPSA) is 60.0 Å². The van der Waals surface area contributed by atoms with Crippen molar-refractivity contribution in [2.45, 2.75) is 24.8 Å². The molecule has 0 saturated carbocycles. The van der Waals surface area contributed by atoms with E-state index in [-0.39, 0.29) is 11.7 Å². The van der Waals surface area contributed by atoms with Gasteiger partial charge in [-0.3, -0.25) is 0 Å². The van der Waals surface area contributed by atoms with Crippen LogP contribution < -0.4 is 10.1 Å². The van der Waals surface area contributed by atoms with Crippen molar-refractivity contribution in [2.24, 2.45) is 0 Å². The molecule has 0 radical (unpaired) electrons. The van der Waals surface area contributed by atoms with Crippen molar-refractivity contribution in [3.8, 4) is 5.75 Å². The predicted molar refractivity (Wildman–Crippen MR) is 121 cm³/mol. The third-order valence-corrected chi connectivity index (χ3v) is 5.67. The van der Waals surface area contributed by atoms with E-state index in [1.54, 1.807) is 26.4 Å². The number of halogens is 4. The quantitative estimate of drug-likeness (QED) is 0.501. The zero-order chi connectivity index (χ0) is 24.2. The molecule has 2 atom stereocenters. The Morgan fingerprint density at radius 2 is 1.88 bits per heavy atom. The Morgan fingerprint density at radius 1 is 1.12 bits per heavy atom. The minimum absolute atomic E-state index is 0.0186. The molecule has 0 aromatic heterocycles. The summed E-state index contributed by atoms with van der Waals surface area (Å²) in [5.41, 5.74) is 0.728. The number of methoxy groups -OCH3 is 3. The smallest absolute Gasteiger partial charge is 0.419 e. The highest BCUT2D eigenvalue weighted by molar-refractivity contribution is 6.30. The Hall–Kier alpha value is -2.68. The van der Waals surface area contributed by atoms with E-state index < -0.39 is 23.6 Å². The number of para-hydroxylation sites is 1. The summed E-state index contributed by atoms with van der Waals surface area (Å²) in [4.78, 5) is 0. The Labute approximate surface area is 195 Å². The minimum Gasteiger partial charge on any atom is -0.501 e. The lowest BCUT2D eigenvalue weighted by Gasteiger charge is -2.23. The van der Waals surface area contributed by atoms with Gasteiger partial charge in [0.25, 0.3) is 0 Å². The van der Waals surface area contributed by atoms with E-state index in [2.05, 4.69) is 5.32 Å². The van der Waals surface area contributed by atoms with E-state index in [1.807, 2.05) is 12.2 Å². The lowest BCUT2D eigenvalue weighted by atomic mass is 9.96. The summed E-state index contributed by atoms with van der Waals surface area (Å²) >= 11 is 6.15. The molecule has 3 rings (SSSR count). The van der Waals surface area contributed by atoms with Crippen molar-refractivity contribution in [1.29, 1.82) is 0 Å². The van der Waals surface area contributed by atoms with Gasteiger partial charge in [0.05, 0.1) is 25.9 Å². The number of anilines is 1. The molecule has 0 spiro atoms. The van der Waals surface area contributed by atoms with E-state index >= 15 is 0 Å². The third-order valence-electron chi connectivity index (χ3n) is 5.43. The molecule has 2 unspecified atom stereocenters. The molecule has 0 saturated heterocycles. The molecule has 1 aliphatic rings. The SMILES string of the molecule is COC1=C(CNc2ccc(Cl)cc2C(O)c2cccc(C(F)(F)F)c2OC)C=CC(OC)C1. The summed E-state index contributed by atoms with van der Waals surface area (Å²) < 4.78 is 56.2. The number of hydrogen-bond donors (Lipinski definition) is 2. The highest BCUT2D eigenvalue weighted by atomic mass is 35.5. The fourth-order valence-corrected chi connectivity index (χ4v) is 3.91. The van der Waals surface area contributed by atoms with Gasteiger partial charge in [-0.2, -0.15) is 13.2 Å². The average Bonchev–Trinajstić information content (AvgIpc) is 2.81. The molecule has 2 N–H and O–H groups in total. The molecule has 0 bridgehead atoms. The van der Waals surface area contributed by atoms with Gasteiger partial charge in [0.2, 0.25) is 0 Å². The summed E-state index contributed by atoms with van der Waals surface area (Å²) in [5, 5.41) is 14.6. The number of aliphatic hydroxyl groups excluding tert-OH is 1. The fourth-order valence-electron chi connectivity index (χ4n) is 3.73. The van der Waals surface area contributed by atoms with E-state index in [1.165, 1.54) is 18.2 Å². The fraction of sp³-hybridized carbons (Fsp3) is 0.333. The predicted octanol–water partition coefficient (Wildman–Crippen LogP) is 5.74. The van der Waals surface area contributed by atoms with Crippen molar-refractivity contribution in [3.63, 3.8) is 0 Å². The van der Waals surface area contributed by atoms with Gasteiger partial charge in [-0.05, 0) is 24.3 Å². The van der Waals surface area contributed by atoms with Crippen LogP contribution in [-0.4, -0.2) is 39.1 Å². The molecule has 0 amide bonds. The second-order valence-corrected chi connectivity index (χ2v) is 7.84. The highest BCUT2D eigenvalue weighted by Gasteiger charge is 2.36. The largest absolute Gasteiger partial charge is 0.501 e. The van der Waals surface area contributed by atoms with Gasteiger partial charge in [-0.1, -0.05) is 35.9 Å². The van der Waals surface area contributed by atoms with E-state index in [9.17, 15) is 18.3 Å². The third kappa shape index (κ3) is 5.63. The van der Waals surface area contributed by atoms with Gasteiger partial charge in [0, 0.05) is 47.5 Å². The molecule has 2 aromatic carbocycles. The number of aliphatic hydroxyl groups is 1. The van der Waals surface area contributed by atoms with Gasteiger partial charge in [0.15, 0.2) is 0 Å². The first kappa shape index (κ1) is 25.0. The zero-order valence-electron chi connectivity index (χ0n) is 18.4. The monoisotopic (exact) mass is 483 g/mol. The van der Waals surface area contributed by atoms with Crippen LogP contribution in [0.1, 0.15) is 29.2 Å². The molecule has 0 aliphatic heterocycles. The lowest BCUT2D eigenvalue weighted by molar-refractivity contribution is -0.138. The average molecular weight is 484 g/mol. The van der Waals surface area contributed by atoms with Crippen molar-refractivity contribution < 1.29 is 32.5 Å². The van der Waals surface area contributed by atoms with Crippen LogP contribution in [0.15, 0.2) is 59.9 Å². The Balaban J connectivity index is 1.94. The summed E-state index contributed by atoms with van der Waals surface area (Å²) in [5.74, 6) is 0.320. The lowest BCUT2D eigenvalue weighted by Crippen LogP contribution is -2.18. The maximum atomic E-state index is 13.4. The van der Waals surface area contributed by atoms with Crippen LogP contribution in [0.5, 0.6) is 5.75 Å². The number of ether oxygens (including phenoxy) is 3. The minimum atomic E-state index is -4.63. The van der Waals surface area contributed by atoms with Crippen LogP contribution >= 0.6 is 11.6 Å². The van der Waals surface area contributed by atoms with Gasteiger partial charge in [0.1, 0.15) is 17.6 Å². The Kier molecular flexibility index (Phi) is 7.94. The summed E-state index contributed by atoms with van der Waals surface area (Å²) in [7, 11) is 4.34. The van der Waals surface area contributed by atoms with E-state index in [0.29, 0.717) is 29.2 Å². The molecule has 5 nitrogen and oxygen atoms in total. The van der Waals surface area contributed by atoms with Crippen LogP contribution in [0.4, 0.5) is 18.9 Å². The van der Waals surface area contributed by atoms with Crippen LogP contribution in [-0.2, 0) is 15.7 Å². The standard InChI is InChI=1S/C24H25ClF3NO4/c1-31-16-9-7-14(21(12-16)32-2)13-29-20-10-8-15(25)11-18(20)22(30)17-5-4-6-19(23(17)33-3)24(26,27)28/h4-11,16,22,29-30H,12-13H2,1-3H3. The Bertz CT molecular complexity index is 1050. The number of rotatable bonds is 8. The molecular formula is C24H25ClF3NO4. The van der Waals surface area contributed by atoms with Gasteiger partial charge in [-0.25, -0.2) is 0 Å². The number of nitrogens with one attached hydrogen (secondary N) is 1. The molecule has 1 aliphatic carbocycles. The van der Waals surface area contributed by atoms with Crippen LogP contribution in [0.2, 0.25) is 5.02 Å². The molecule has 0 fully saturated rings. The summed E-state index contributed by atoms with van der Waals surface area (Å²) in [6.45, 7) is 0.358. The Morgan fingerprint density at radius 3 is 2.52 bits per heavy atom. The molecule has 2 aromatic rings. The molecule has 9 heteroatoms. The molecular weight excluding hydrogens is 459 g/mol.